The molecule has 5 heteroatoms. The van der Waals surface area contributed by atoms with Gasteiger partial charge in [-0.15, -0.1) is 0 Å². The maximum atomic E-state index is 10.8. The minimum absolute atomic E-state index is 0.207. The number of benzene rings is 1. The number of fused-ring (bicyclic) bond motifs is 1. The second-order valence-corrected chi connectivity index (χ2v) is 6.41. The van der Waals surface area contributed by atoms with E-state index in [0.717, 1.165) is 34.2 Å². The van der Waals surface area contributed by atoms with Crippen LogP contribution in [0.3, 0.4) is 0 Å². The molecule has 1 saturated heterocycles. The molecule has 3 rings (SSSR count). The second-order valence-electron chi connectivity index (χ2n) is 5.25. The zero-order valence-corrected chi connectivity index (χ0v) is 12.2. The first-order valence-electron chi connectivity index (χ1n) is 6.34. The largest absolute Gasteiger partial charge is 0.371 e. The molecule has 4 nitrogen and oxygen atoms in total. The number of nitrogens with zero attached hydrogens (tertiary/aromatic N) is 2. The van der Waals surface area contributed by atoms with Crippen LogP contribution < -0.4 is 4.90 Å². The van der Waals surface area contributed by atoms with E-state index in [1.807, 2.05) is 12.1 Å². The molecule has 0 N–H and O–H groups in total. The normalized spacial score (nSPS) is 26.4. The highest BCUT2D eigenvalue weighted by Crippen LogP contribution is 2.40. The number of hydrogen-bond donors (Lipinski definition) is 0. The van der Waals surface area contributed by atoms with Crippen LogP contribution in [0.2, 0.25) is 0 Å². The molecule has 1 saturated carbocycles. The van der Waals surface area contributed by atoms with Crippen molar-refractivity contribution < 1.29 is 4.92 Å². The van der Waals surface area contributed by atoms with Crippen LogP contribution in [-0.2, 0) is 0 Å². The molecule has 2 unspecified atom stereocenters. The molecule has 96 valence electrons. The molecular weight excluding hydrogens is 343 g/mol. The van der Waals surface area contributed by atoms with Gasteiger partial charge < -0.3 is 4.90 Å². The van der Waals surface area contributed by atoms with Gasteiger partial charge in [-0.25, -0.2) is 0 Å². The molecule has 0 radical (unpaired) electrons. The van der Waals surface area contributed by atoms with Crippen molar-refractivity contribution in [1.29, 1.82) is 0 Å². The van der Waals surface area contributed by atoms with Crippen LogP contribution in [0, 0.1) is 25.5 Å². The van der Waals surface area contributed by atoms with Crippen molar-refractivity contribution in [2.45, 2.75) is 19.3 Å². The number of nitro benzene ring substituents is 1. The number of nitro groups is 1. The summed E-state index contributed by atoms with van der Waals surface area (Å²) >= 11 is 2.05. The van der Waals surface area contributed by atoms with Crippen molar-refractivity contribution in [2.75, 3.05) is 18.0 Å². The zero-order valence-electron chi connectivity index (χ0n) is 10.0. The Hall–Kier alpha value is -0.850. The first-order valence-corrected chi connectivity index (χ1v) is 7.42. The lowest BCUT2D eigenvalue weighted by Crippen LogP contribution is -2.20. The fourth-order valence-electron chi connectivity index (χ4n) is 3.29. The van der Waals surface area contributed by atoms with Gasteiger partial charge in [-0.05, 0) is 59.4 Å². The molecule has 0 amide bonds. The van der Waals surface area contributed by atoms with E-state index in [4.69, 9.17) is 0 Å². The van der Waals surface area contributed by atoms with Crippen molar-refractivity contribution >= 4 is 34.0 Å². The highest BCUT2D eigenvalue weighted by molar-refractivity contribution is 14.1. The summed E-state index contributed by atoms with van der Waals surface area (Å²) in [4.78, 5) is 12.9. The van der Waals surface area contributed by atoms with E-state index in [1.54, 1.807) is 6.07 Å². The Morgan fingerprint density at radius 3 is 2.50 bits per heavy atom. The van der Waals surface area contributed by atoms with Crippen LogP contribution in [0.15, 0.2) is 18.2 Å². The average molecular weight is 358 g/mol. The molecule has 0 bridgehead atoms. The van der Waals surface area contributed by atoms with E-state index >= 15 is 0 Å². The van der Waals surface area contributed by atoms with Gasteiger partial charge in [0.05, 0.1) is 8.49 Å². The number of hydrogen-bond acceptors (Lipinski definition) is 3. The van der Waals surface area contributed by atoms with Crippen LogP contribution in [-0.4, -0.2) is 18.0 Å². The van der Waals surface area contributed by atoms with Gasteiger partial charge in [0.25, 0.3) is 5.69 Å². The maximum absolute atomic E-state index is 10.8. The highest BCUT2D eigenvalue weighted by atomic mass is 127. The van der Waals surface area contributed by atoms with Gasteiger partial charge in [-0.1, -0.05) is 6.42 Å². The van der Waals surface area contributed by atoms with E-state index < -0.39 is 0 Å². The molecule has 0 aromatic heterocycles. The van der Waals surface area contributed by atoms with Gasteiger partial charge in [0.15, 0.2) is 0 Å². The van der Waals surface area contributed by atoms with Gasteiger partial charge in [-0.3, -0.25) is 10.1 Å². The van der Waals surface area contributed by atoms with E-state index in [-0.39, 0.29) is 10.6 Å². The number of rotatable bonds is 2. The van der Waals surface area contributed by atoms with Crippen molar-refractivity contribution in [3.05, 3.63) is 31.9 Å². The molecule has 1 aromatic carbocycles. The molecule has 2 atom stereocenters. The third kappa shape index (κ3) is 2.08. The van der Waals surface area contributed by atoms with Crippen molar-refractivity contribution in [2.24, 2.45) is 11.8 Å². The maximum Gasteiger partial charge on any atom is 0.282 e. The molecule has 1 aliphatic heterocycles. The quantitative estimate of drug-likeness (QED) is 0.462. The summed E-state index contributed by atoms with van der Waals surface area (Å²) < 4.78 is 0.729. The SMILES string of the molecule is O=[N+]([O-])c1ccc(N2CC3CCCC3C2)cc1I. The number of anilines is 1. The van der Waals surface area contributed by atoms with E-state index in [9.17, 15) is 10.1 Å². The Labute approximate surface area is 120 Å². The zero-order chi connectivity index (χ0) is 12.7. The monoisotopic (exact) mass is 358 g/mol. The lowest BCUT2D eigenvalue weighted by Gasteiger charge is -2.19. The first-order chi connectivity index (χ1) is 8.65. The average Bonchev–Trinajstić information content (AvgIpc) is 2.87. The third-order valence-electron chi connectivity index (χ3n) is 4.22. The summed E-state index contributed by atoms with van der Waals surface area (Å²) in [5, 5.41) is 10.8. The Bertz CT molecular complexity index is 480. The smallest absolute Gasteiger partial charge is 0.282 e. The molecular formula is C13H15IN2O2. The molecule has 1 heterocycles. The van der Waals surface area contributed by atoms with Crippen molar-refractivity contribution in [1.82, 2.24) is 0 Å². The van der Waals surface area contributed by atoms with E-state index in [2.05, 4.69) is 27.5 Å². The van der Waals surface area contributed by atoms with Crippen LogP contribution in [0.1, 0.15) is 19.3 Å². The summed E-state index contributed by atoms with van der Waals surface area (Å²) in [6, 6.07) is 5.46. The van der Waals surface area contributed by atoms with Crippen LogP contribution in [0.4, 0.5) is 11.4 Å². The van der Waals surface area contributed by atoms with Crippen LogP contribution >= 0.6 is 22.6 Å². The van der Waals surface area contributed by atoms with Crippen molar-refractivity contribution in [3.8, 4) is 0 Å². The van der Waals surface area contributed by atoms with E-state index in [1.165, 1.54) is 19.3 Å². The lowest BCUT2D eigenvalue weighted by molar-refractivity contribution is -0.385. The summed E-state index contributed by atoms with van der Waals surface area (Å²) in [5.41, 5.74) is 1.35. The van der Waals surface area contributed by atoms with Crippen LogP contribution in [0.25, 0.3) is 0 Å². The molecule has 1 aliphatic carbocycles. The van der Waals surface area contributed by atoms with Gasteiger partial charge in [-0.2, -0.15) is 0 Å². The second kappa shape index (κ2) is 4.68. The van der Waals surface area contributed by atoms with Gasteiger partial charge in [0.2, 0.25) is 0 Å². The fourth-order valence-corrected chi connectivity index (χ4v) is 3.98. The first kappa shape index (κ1) is 12.2. The Kier molecular flexibility index (Phi) is 3.17. The van der Waals surface area contributed by atoms with Crippen LogP contribution in [0.5, 0.6) is 0 Å². The molecule has 2 aliphatic rings. The topological polar surface area (TPSA) is 46.4 Å². The predicted octanol–water partition coefficient (Wildman–Crippen LogP) is 3.44. The molecule has 2 fully saturated rings. The standard InChI is InChI=1S/C13H15IN2O2/c14-12-6-11(4-5-13(12)16(17)18)15-7-9-2-1-3-10(9)8-15/h4-6,9-10H,1-3,7-8H2. The third-order valence-corrected chi connectivity index (χ3v) is 5.08. The fraction of sp³-hybridized carbons (Fsp3) is 0.538. The minimum Gasteiger partial charge on any atom is -0.371 e. The van der Waals surface area contributed by atoms with Crippen molar-refractivity contribution in [3.63, 3.8) is 0 Å². The molecule has 0 spiro atoms. The Morgan fingerprint density at radius 1 is 1.28 bits per heavy atom. The lowest BCUT2D eigenvalue weighted by atomic mass is 10.0. The molecule has 18 heavy (non-hydrogen) atoms. The van der Waals surface area contributed by atoms with E-state index in [0.29, 0.717) is 0 Å². The molecule has 1 aromatic rings. The Morgan fingerprint density at radius 2 is 1.94 bits per heavy atom. The Balaban J connectivity index is 1.81. The predicted molar refractivity (Wildman–Crippen MR) is 78.9 cm³/mol. The van der Waals surface area contributed by atoms with Gasteiger partial charge in [0.1, 0.15) is 0 Å². The summed E-state index contributed by atoms with van der Waals surface area (Å²) in [5.74, 6) is 1.69. The minimum atomic E-state index is -0.315. The summed E-state index contributed by atoms with van der Waals surface area (Å²) in [6.07, 6.45) is 4.08. The number of halogens is 1. The highest BCUT2D eigenvalue weighted by Gasteiger charge is 2.36. The van der Waals surface area contributed by atoms with Gasteiger partial charge >= 0.3 is 0 Å². The summed E-state index contributed by atoms with van der Waals surface area (Å²) in [6.45, 7) is 2.25. The summed E-state index contributed by atoms with van der Waals surface area (Å²) in [7, 11) is 0. The van der Waals surface area contributed by atoms with Gasteiger partial charge in [0, 0.05) is 24.8 Å².